The number of hydrogen-bond donors (Lipinski definition) is 0. The second-order valence-electron chi connectivity index (χ2n) is 11.0. The molecule has 0 fully saturated rings. The first kappa shape index (κ1) is 38.9. The molecule has 0 saturated carbocycles. The third-order valence-corrected chi connectivity index (χ3v) is 6.93. The average molecular weight is 585 g/mol. The summed E-state index contributed by atoms with van der Waals surface area (Å²) in [4.78, 5) is 52.1. The van der Waals surface area contributed by atoms with Crippen LogP contribution in [0.4, 0.5) is 0 Å². The van der Waals surface area contributed by atoms with Crippen molar-refractivity contribution in [3.05, 3.63) is 0 Å². The van der Waals surface area contributed by atoms with E-state index in [0.29, 0.717) is 32.1 Å². The quantitative estimate of drug-likeness (QED) is 0.0535. The van der Waals surface area contributed by atoms with Gasteiger partial charge in [-0.15, -0.1) is 0 Å². The summed E-state index contributed by atoms with van der Waals surface area (Å²) < 4.78 is 23.1. The number of carbonyl (C=O) groups is 4. The zero-order chi connectivity index (χ0) is 30.8. The molecule has 0 aliphatic carbocycles. The molecule has 0 heterocycles. The lowest BCUT2D eigenvalue weighted by atomic mass is 10.1. The molecule has 0 aromatic heterocycles. The monoisotopic (exact) mass is 584 g/mol. The van der Waals surface area contributed by atoms with Crippen molar-refractivity contribution in [3.8, 4) is 0 Å². The Balaban J connectivity index is 6.12. The van der Waals surface area contributed by atoms with E-state index in [-0.39, 0.29) is 32.1 Å². The molecule has 0 saturated heterocycles. The molecule has 0 N–H and O–H groups in total. The molecule has 0 amide bonds. The van der Waals surface area contributed by atoms with Crippen molar-refractivity contribution in [3.63, 3.8) is 0 Å². The molecular weight excluding hydrogens is 524 g/mol. The Kier molecular flexibility index (Phi) is 24.3. The summed E-state index contributed by atoms with van der Waals surface area (Å²) >= 11 is 0. The fraction of sp³-hybridized carbons (Fsp3) is 0.879. The number of unbranched alkanes of at least 4 members (excludes halogenated alkanes) is 12. The lowest BCUT2D eigenvalue weighted by Crippen LogP contribution is -2.55. The number of esters is 4. The summed E-state index contributed by atoms with van der Waals surface area (Å²) in [5.74, 6) is -4.90. The van der Waals surface area contributed by atoms with Crippen LogP contribution >= 0.6 is 0 Å². The predicted octanol–water partition coefficient (Wildman–Crippen LogP) is 8.86. The van der Waals surface area contributed by atoms with Gasteiger partial charge < -0.3 is 18.9 Å². The smallest absolute Gasteiger partial charge is 0.449 e. The minimum atomic E-state index is -2.44. The minimum absolute atomic E-state index is 0.0770. The number of rotatable bonds is 27. The van der Waals surface area contributed by atoms with Gasteiger partial charge in [0, 0.05) is 25.7 Å². The molecule has 8 nitrogen and oxygen atoms in total. The van der Waals surface area contributed by atoms with Crippen LogP contribution < -0.4 is 0 Å². The first-order valence-electron chi connectivity index (χ1n) is 16.6. The Labute approximate surface area is 250 Å². The van der Waals surface area contributed by atoms with Crippen LogP contribution in [0.25, 0.3) is 0 Å². The van der Waals surface area contributed by atoms with E-state index < -0.39 is 36.0 Å². The molecular formula is C33H60O8. The van der Waals surface area contributed by atoms with Gasteiger partial charge in [0.05, 0.1) is 0 Å². The summed E-state index contributed by atoms with van der Waals surface area (Å²) in [6, 6.07) is 0. The van der Waals surface area contributed by atoms with Crippen molar-refractivity contribution in [2.24, 2.45) is 0 Å². The molecule has 0 aliphatic rings. The van der Waals surface area contributed by atoms with Gasteiger partial charge in [0.25, 0.3) is 0 Å². The number of carbonyl (C=O) groups excluding carboxylic acids is 4. The third-order valence-electron chi connectivity index (χ3n) is 6.93. The van der Waals surface area contributed by atoms with E-state index in [1.807, 2.05) is 6.92 Å². The highest BCUT2D eigenvalue weighted by molar-refractivity contribution is 5.74. The van der Waals surface area contributed by atoms with E-state index in [1.54, 1.807) is 0 Å². The van der Waals surface area contributed by atoms with E-state index in [2.05, 4.69) is 27.7 Å². The van der Waals surface area contributed by atoms with Gasteiger partial charge in [0.15, 0.2) is 0 Å². The van der Waals surface area contributed by atoms with Crippen LogP contribution in [-0.4, -0.2) is 36.0 Å². The van der Waals surface area contributed by atoms with Gasteiger partial charge >= 0.3 is 29.9 Å². The molecule has 0 spiro atoms. The van der Waals surface area contributed by atoms with Crippen LogP contribution in [-0.2, 0) is 38.1 Å². The summed E-state index contributed by atoms with van der Waals surface area (Å²) in [6.07, 6.45) is 13.7. The lowest BCUT2D eigenvalue weighted by molar-refractivity contribution is -0.365. The largest absolute Gasteiger partial charge is 0.463 e. The van der Waals surface area contributed by atoms with Gasteiger partial charge in [-0.25, -0.2) is 0 Å². The Morgan fingerprint density at radius 2 is 0.756 bits per heavy atom. The van der Waals surface area contributed by atoms with E-state index >= 15 is 0 Å². The van der Waals surface area contributed by atoms with Crippen LogP contribution in [0.1, 0.15) is 176 Å². The van der Waals surface area contributed by atoms with E-state index in [9.17, 15) is 19.2 Å². The molecule has 0 rings (SSSR count). The van der Waals surface area contributed by atoms with Crippen molar-refractivity contribution < 1.29 is 38.1 Å². The van der Waals surface area contributed by atoms with E-state index in [4.69, 9.17) is 18.9 Å². The van der Waals surface area contributed by atoms with Crippen LogP contribution in [0.2, 0.25) is 0 Å². The van der Waals surface area contributed by atoms with Gasteiger partial charge in [-0.05, 0) is 32.1 Å². The molecule has 1 unspecified atom stereocenters. The zero-order valence-corrected chi connectivity index (χ0v) is 26.9. The van der Waals surface area contributed by atoms with Gasteiger partial charge in [-0.3, -0.25) is 19.2 Å². The molecule has 0 aliphatic heterocycles. The maximum atomic E-state index is 13.1. The normalized spacial score (nSPS) is 12.0. The molecule has 0 aromatic carbocycles. The van der Waals surface area contributed by atoms with E-state index in [0.717, 1.165) is 77.0 Å². The van der Waals surface area contributed by atoms with Gasteiger partial charge in [0.1, 0.15) is 0 Å². The Hall–Kier alpha value is -2.12. The van der Waals surface area contributed by atoms with Crippen LogP contribution in [0.3, 0.4) is 0 Å². The van der Waals surface area contributed by atoms with Gasteiger partial charge in [-0.2, -0.15) is 0 Å². The highest BCUT2D eigenvalue weighted by Crippen LogP contribution is 2.30. The highest BCUT2D eigenvalue weighted by atomic mass is 16.9. The summed E-state index contributed by atoms with van der Waals surface area (Å²) in [6.45, 7) is 10.2. The van der Waals surface area contributed by atoms with Crippen molar-refractivity contribution in [1.29, 1.82) is 0 Å². The van der Waals surface area contributed by atoms with Crippen molar-refractivity contribution in [2.45, 2.75) is 188 Å². The Morgan fingerprint density at radius 1 is 0.439 bits per heavy atom. The topological polar surface area (TPSA) is 105 Å². The summed E-state index contributed by atoms with van der Waals surface area (Å²) in [5.41, 5.74) is 0. The molecule has 1 atom stereocenters. The molecule has 0 aromatic rings. The molecule has 0 radical (unpaired) electrons. The average Bonchev–Trinajstić information content (AvgIpc) is 2.93. The van der Waals surface area contributed by atoms with Gasteiger partial charge in [-0.1, -0.05) is 118 Å². The van der Waals surface area contributed by atoms with Gasteiger partial charge in [0.2, 0.25) is 6.10 Å². The third kappa shape index (κ3) is 19.6. The maximum absolute atomic E-state index is 13.1. The van der Waals surface area contributed by atoms with Crippen molar-refractivity contribution >= 4 is 23.9 Å². The number of ether oxygens (including phenoxy) is 4. The van der Waals surface area contributed by atoms with Crippen molar-refractivity contribution in [1.82, 2.24) is 0 Å². The maximum Gasteiger partial charge on any atom is 0.463 e. The fourth-order valence-electron chi connectivity index (χ4n) is 4.46. The molecule has 240 valence electrons. The molecule has 41 heavy (non-hydrogen) atoms. The standard InChI is InChI=1S/C33H60O8/c1-6-11-15-19-24-29(34)38-28(23-10-5)33(39-30(35)25-20-16-12-7-2,40-31(36)26-21-17-13-8-3)41-32(37)27-22-18-14-9-4/h28H,6-27H2,1-5H3. The lowest BCUT2D eigenvalue weighted by Gasteiger charge is -2.36. The fourth-order valence-corrected chi connectivity index (χ4v) is 4.46. The highest BCUT2D eigenvalue weighted by Gasteiger charge is 2.53. The first-order valence-corrected chi connectivity index (χ1v) is 16.6. The minimum Gasteiger partial charge on any atom is -0.449 e. The molecule has 8 heteroatoms. The van der Waals surface area contributed by atoms with Crippen LogP contribution in [0.15, 0.2) is 0 Å². The second kappa shape index (κ2) is 25.6. The zero-order valence-electron chi connectivity index (χ0n) is 26.9. The summed E-state index contributed by atoms with van der Waals surface area (Å²) in [7, 11) is 0. The van der Waals surface area contributed by atoms with Crippen LogP contribution in [0, 0.1) is 0 Å². The second-order valence-corrected chi connectivity index (χ2v) is 11.0. The SMILES string of the molecule is CCCCCCC(=O)OC(CCC)C(OC(=O)CCCCCC)(OC(=O)CCCCCC)OC(=O)CCCCCC. The van der Waals surface area contributed by atoms with Crippen LogP contribution in [0.5, 0.6) is 0 Å². The predicted molar refractivity (Wildman–Crippen MR) is 161 cm³/mol. The summed E-state index contributed by atoms with van der Waals surface area (Å²) in [5, 5.41) is 0. The number of hydrogen-bond acceptors (Lipinski definition) is 8. The van der Waals surface area contributed by atoms with E-state index in [1.165, 1.54) is 0 Å². The van der Waals surface area contributed by atoms with Crippen molar-refractivity contribution in [2.75, 3.05) is 0 Å². The first-order chi connectivity index (χ1) is 19.8. The molecule has 0 bridgehead atoms. The Bertz CT molecular complexity index is 641. The Morgan fingerprint density at radius 3 is 1.05 bits per heavy atom.